The van der Waals surface area contributed by atoms with Gasteiger partial charge in [0.2, 0.25) is 12.1 Å². The van der Waals surface area contributed by atoms with E-state index in [-0.39, 0.29) is 55.9 Å². The van der Waals surface area contributed by atoms with Crippen LogP contribution in [0.3, 0.4) is 0 Å². The summed E-state index contributed by atoms with van der Waals surface area (Å²) in [6.45, 7) is 1.67. The lowest BCUT2D eigenvalue weighted by Gasteiger charge is -2.66. The number of cyclic esters (lactones) is 1. The van der Waals surface area contributed by atoms with E-state index in [9.17, 15) is 35.4 Å². The van der Waals surface area contributed by atoms with E-state index in [4.69, 9.17) is 18.9 Å². The van der Waals surface area contributed by atoms with Gasteiger partial charge in [-0.1, -0.05) is 6.92 Å². The molecule has 2 saturated heterocycles. The molecule has 14 atom stereocenters. The fourth-order valence-electron chi connectivity index (χ4n) is 10.4. The van der Waals surface area contributed by atoms with Crippen molar-refractivity contribution in [3.05, 3.63) is 11.6 Å². The van der Waals surface area contributed by atoms with Gasteiger partial charge < -0.3 is 49.6 Å². The van der Waals surface area contributed by atoms with Crippen LogP contribution >= 0.6 is 0 Å². The lowest BCUT2D eigenvalue weighted by molar-refractivity contribution is -0.461. The monoisotopic (exact) mass is 566 g/mol. The van der Waals surface area contributed by atoms with Gasteiger partial charge in [-0.2, -0.15) is 0 Å². The molecular formula is C29H42O11. The van der Waals surface area contributed by atoms with Crippen molar-refractivity contribution in [3.8, 4) is 0 Å². The van der Waals surface area contributed by atoms with Crippen molar-refractivity contribution in [2.24, 2.45) is 34.5 Å². The van der Waals surface area contributed by atoms with Gasteiger partial charge >= 0.3 is 5.97 Å². The number of aliphatic hydroxyl groups excluding tert-OH is 4. The van der Waals surface area contributed by atoms with Crippen LogP contribution in [0.15, 0.2) is 11.6 Å². The molecule has 3 aliphatic heterocycles. The minimum atomic E-state index is -2.10. The molecule has 7 aliphatic rings. The zero-order chi connectivity index (χ0) is 28.2. The number of esters is 1. The Bertz CT molecular complexity index is 1080. The molecule has 0 amide bonds. The third kappa shape index (κ3) is 3.47. The summed E-state index contributed by atoms with van der Waals surface area (Å²) in [4.78, 5) is 11.9. The predicted octanol–water partition coefficient (Wildman–Crippen LogP) is -0.263. The van der Waals surface area contributed by atoms with Gasteiger partial charge in [-0.15, -0.1) is 0 Å². The number of ether oxygens (including phenoxy) is 4. The minimum absolute atomic E-state index is 0.00520. The topological polar surface area (TPSA) is 175 Å². The molecule has 7 rings (SSSR count). The molecule has 0 aromatic heterocycles. The maximum absolute atomic E-state index is 12.5. The predicted molar refractivity (Wildman–Crippen MR) is 135 cm³/mol. The van der Waals surface area contributed by atoms with E-state index in [0.717, 1.165) is 18.4 Å². The minimum Gasteiger partial charge on any atom is -0.458 e. The Hall–Kier alpha value is -1.15. The van der Waals surface area contributed by atoms with E-state index < -0.39 is 59.0 Å². The van der Waals surface area contributed by atoms with Crippen LogP contribution in [0, 0.1) is 34.5 Å². The molecule has 6 fully saturated rings. The summed E-state index contributed by atoms with van der Waals surface area (Å²) in [7, 11) is 0. The van der Waals surface area contributed by atoms with Crippen LogP contribution in [-0.4, -0.2) is 105 Å². The number of rotatable bonds is 3. The Kier molecular flexibility index (Phi) is 6.35. The lowest BCUT2D eigenvalue weighted by atomic mass is 9.42. The maximum Gasteiger partial charge on any atom is 0.331 e. The normalized spacial score (nSPS) is 57.2. The van der Waals surface area contributed by atoms with Gasteiger partial charge in [-0.3, -0.25) is 0 Å². The maximum atomic E-state index is 12.5. The Morgan fingerprint density at radius 2 is 1.77 bits per heavy atom. The number of carbonyl (C=O) groups is 1. The van der Waals surface area contributed by atoms with Crippen LogP contribution in [0.1, 0.15) is 58.3 Å². The van der Waals surface area contributed by atoms with Crippen molar-refractivity contribution in [2.75, 3.05) is 19.8 Å². The fourth-order valence-corrected chi connectivity index (χ4v) is 10.4. The molecule has 4 aliphatic carbocycles. The zero-order valence-corrected chi connectivity index (χ0v) is 22.9. The largest absolute Gasteiger partial charge is 0.458 e. The highest BCUT2D eigenvalue weighted by molar-refractivity contribution is 5.85. The van der Waals surface area contributed by atoms with Gasteiger partial charge in [0.15, 0.2) is 0 Å². The van der Waals surface area contributed by atoms with E-state index in [2.05, 4.69) is 0 Å². The quantitative estimate of drug-likeness (QED) is 0.196. The first-order valence-corrected chi connectivity index (χ1v) is 14.9. The molecule has 224 valence electrons. The Morgan fingerprint density at radius 3 is 2.48 bits per heavy atom. The van der Waals surface area contributed by atoms with Crippen molar-refractivity contribution >= 4 is 5.97 Å². The third-order valence-corrected chi connectivity index (χ3v) is 12.5. The fraction of sp³-hybridized carbons (Fsp3) is 0.897. The lowest BCUT2D eigenvalue weighted by Crippen LogP contribution is -2.72. The molecule has 40 heavy (non-hydrogen) atoms. The Morgan fingerprint density at radius 1 is 0.975 bits per heavy atom. The van der Waals surface area contributed by atoms with Gasteiger partial charge in [0, 0.05) is 29.9 Å². The van der Waals surface area contributed by atoms with Crippen LogP contribution in [0.25, 0.3) is 0 Å². The van der Waals surface area contributed by atoms with Crippen LogP contribution in [0.4, 0.5) is 0 Å². The van der Waals surface area contributed by atoms with E-state index in [1.807, 2.05) is 6.92 Å². The summed E-state index contributed by atoms with van der Waals surface area (Å²) in [6, 6.07) is 0. The molecule has 3 unspecified atom stereocenters. The number of hydrogen-bond acceptors (Lipinski definition) is 11. The summed E-state index contributed by atoms with van der Waals surface area (Å²) in [5.41, 5.74) is -1.88. The molecule has 0 aromatic rings. The van der Waals surface area contributed by atoms with E-state index in [1.165, 1.54) is 6.08 Å². The first kappa shape index (κ1) is 27.7. The molecule has 11 nitrogen and oxygen atoms in total. The van der Waals surface area contributed by atoms with Crippen LogP contribution in [-0.2, 0) is 23.7 Å². The van der Waals surface area contributed by atoms with E-state index in [0.29, 0.717) is 32.1 Å². The summed E-state index contributed by atoms with van der Waals surface area (Å²) in [5, 5.41) is 66.9. The molecule has 0 radical (unpaired) electrons. The molecule has 11 heteroatoms. The Balaban J connectivity index is 1.19. The summed E-state index contributed by atoms with van der Waals surface area (Å²) in [5.74, 6) is -2.97. The number of aliphatic hydroxyl groups is 6. The first-order valence-electron chi connectivity index (χ1n) is 14.9. The number of carbonyl (C=O) groups excluding carboxylic acids is 1. The summed E-state index contributed by atoms with van der Waals surface area (Å²) >= 11 is 0. The Labute approximate surface area is 233 Å². The smallest absolute Gasteiger partial charge is 0.331 e. The van der Waals surface area contributed by atoms with Gasteiger partial charge in [-0.25, -0.2) is 4.79 Å². The van der Waals surface area contributed by atoms with E-state index >= 15 is 0 Å². The van der Waals surface area contributed by atoms with Gasteiger partial charge in [-0.05, 0) is 74.2 Å². The molecule has 0 bridgehead atoms. The second-order valence-electron chi connectivity index (χ2n) is 13.8. The van der Waals surface area contributed by atoms with Crippen molar-refractivity contribution in [1.82, 2.24) is 0 Å². The SMILES string of the molecule is C[C@]12[C@H](O)CC3C(CC[C@H]4C[C@H]5O[C@@H]6O[C@H](CO)C[C@@H](O)[C@]6(O)O[C@@H]5CC34CO)[C@@]1(O)CC[C@@H]2C1=CC(=O)OC1. The molecule has 3 heterocycles. The third-order valence-electron chi connectivity index (χ3n) is 12.5. The van der Waals surface area contributed by atoms with Crippen LogP contribution in [0.2, 0.25) is 0 Å². The molecule has 0 spiro atoms. The van der Waals surface area contributed by atoms with Gasteiger partial charge in [0.05, 0.1) is 36.6 Å². The second-order valence-corrected chi connectivity index (χ2v) is 13.8. The standard InChI is InChI=1S/C29H42O11/c1-26-17(14-6-24(34)37-12-14)4-5-28(26,35)18-3-2-15-7-20-21(10-27(15,13-31)19(18)9-22(26)32)40-29(36)23(33)8-16(11-30)38-25(29)39-20/h6,15-23,25,30-33,35-36H,2-5,7-13H2,1H3/t15-,16-,17+,18?,19?,20+,21+,22+,23+,25-,26-,27?,28-,29-/m0/s1. The van der Waals surface area contributed by atoms with E-state index in [1.54, 1.807) is 0 Å². The molecule has 4 saturated carbocycles. The van der Waals surface area contributed by atoms with Crippen molar-refractivity contribution < 1.29 is 54.4 Å². The number of fused-ring (bicyclic) bond motifs is 7. The molecular weight excluding hydrogens is 524 g/mol. The average Bonchev–Trinajstić information content (AvgIpc) is 3.48. The summed E-state index contributed by atoms with van der Waals surface area (Å²) < 4.78 is 23.3. The molecule has 6 N–H and O–H groups in total. The van der Waals surface area contributed by atoms with Crippen molar-refractivity contribution in [2.45, 2.75) is 106 Å². The first-order chi connectivity index (χ1) is 19.0. The van der Waals surface area contributed by atoms with Gasteiger partial charge in [0.1, 0.15) is 12.7 Å². The highest BCUT2D eigenvalue weighted by Crippen LogP contribution is 2.70. The van der Waals surface area contributed by atoms with Crippen molar-refractivity contribution in [1.29, 1.82) is 0 Å². The summed E-state index contributed by atoms with van der Waals surface area (Å²) in [6.07, 6.45) is 0.297. The number of hydrogen-bond donors (Lipinski definition) is 6. The zero-order valence-electron chi connectivity index (χ0n) is 22.9. The average molecular weight is 567 g/mol. The van der Waals surface area contributed by atoms with Crippen LogP contribution in [0.5, 0.6) is 0 Å². The van der Waals surface area contributed by atoms with Gasteiger partial charge in [0.25, 0.3) is 0 Å². The van der Waals surface area contributed by atoms with Crippen LogP contribution < -0.4 is 0 Å². The molecule has 0 aromatic carbocycles. The van der Waals surface area contributed by atoms with Crippen molar-refractivity contribution in [3.63, 3.8) is 0 Å². The second kappa shape index (κ2) is 9.17. The highest BCUT2D eigenvalue weighted by atomic mass is 16.8. The highest BCUT2D eigenvalue weighted by Gasteiger charge is 2.72.